The Kier molecular flexibility index (Phi) is 6.17. The van der Waals surface area contributed by atoms with Gasteiger partial charge < -0.3 is 14.3 Å². The number of carbonyl (C=O) groups excluding carboxylic acids is 1. The zero-order chi connectivity index (χ0) is 19.4. The number of halogens is 2. The molecule has 10 heteroatoms. The Bertz CT molecular complexity index is 898. The second-order valence-electron chi connectivity index (χ2n) is 5.49. The molecule has 1 atom stereocenters. The van der Waals surface area contributed by atoms with Crippen molar-refractivity contribution in [2.45, 2.75) is 28.0 Å². The number of anilines is 1. The summed E-state index contributed by atoms with van der Waals surface area (Å²) >= 11 is 1.72. The van der Waals surface area contributed by atoms with Crippen LogP contribution in [0.5, 0.6) is 0 Å². The zero-order valence-electron chi connectivity index (χ0n) is 14.4. The van der Waals surface area contributed by atoms with E-state index >= 15 is 0 Å². The van der Waals surface area contributed by atoms with Crippen LogP contribution >= 0.6 is 23.5 Å². The second-order valence-corrected chi connectivity index (χ2v) is 7.87. The first kappa shape index (κ1) is 19.4. The van der Waals surface area contributed by atoms with Gasteiger partial charge in [0.25, 0.3) is 5.76 Å². The molecule has 0 spiro atoms. The minimum absolute atomic E-state index is 0.225. The maximum absolute atomic E-state index is 12.4. The smallest absolute Gasteiger partial charge is 0.288 e. The molecule has 3 rings (SSSR count). The summed E-state index contributed by atoms with van der Waals surface area (Å²) in [6.45, 7) is 1.75. The topological polar surface area (TPSA) is 73.0 Å². The number of hydrogen-bond donors (Lipinski definition) is 1. The van der Waals surface area contributed by atoms with E-state index in [1.54, 1.807) is 61.2 Å². The first-order valence-electron chi connectivity index (χ1n) is 7.89. The first-order chi connectivity index (χ1) is 12.9. The van der Waals surface area contributed by atoms with Gasteiger partial charge in [-0.25, -0.2) is 0 Å². The van der Waals surface area contributed by atoms with E-state index in [4.69, 9.17) is 4.42 Å². The molecule has 0 fully saturated rings. The van der Waals surface area contributed by atoms with Crippen molar-refractivity contribution in [3.05, 3.63) is 42.7 Å². The van der Waals surface area contributed by atoms with Crippen molar-refractivity contribution in [2.24, 2.45) is 7.05 Å². The summed E-state index contributed by atoms with van der Waals surface area (Å²) in [6.07, 6.45) is 1.55. The quantitative estimate of drug-likeness (QED) is 0.578. The number of amides is 1. The Hall–Kier alpha value is -2.33. The average molecular weight is 410 g/mol. The molecule has 142 valence electrons. The van der Waals surface area contributed by atoms with Gasteiger partial charge in [-0.05, 0) is 43.3 Å². The van der Waals surface area contributed by atoms with Gasteiger partial charge in [-0.1, -0.05) is 23.5 Å². The summed E-state index contributed by atoms with van der Waals surface area (Å²) in [4.78, 5) is 12.8. The maximum atomic E-state index is 12.4. The predicted octanol–water partition coefficient (Wildman–Crippen LogP) is 4.51. The van der Waals surface area contributed by atoms with Crippen molar-refractivity contribution in [1.82, 2.24) is 14.8 Å². The van der Waals surface area contributed by atoms with Crippen LogP contribution < -0.4 is 5.32 Å². The molecule has 27 heavy (non-hydrogen) atoms. The highest BCUT2D eigenvalue weighted by molar-refractivity contribution is 8.00. The number of nitrogens with one attached hydrogen (secondary N) is 1. The summed E-state index contributed by atoms with van der Waals surface area (Å²) in [5.41, 5.74) is 0.542. The summed E-state index contributed by atoms with van der Waals surface area (Å²) in [5, 5.41) is 11.1. The van der Waals surface area contributed by atoms with E-state index in [1.165, 1.54) is 11.8 Å². The van der Waals surface area contributed by atoms with Crippen LogP contribution in [0.25, 0.3) is 11.6 Å². The predicted molar refractivity (Wildman–Crippen MR) is 101 cm³/mol. The van der Waals surface area contributed by atoms with Gasteiger partial charge in [0.05, 0.1) is 11.5 Å². The largest absolute Gasteiger partial charge is 0.461 e. The lowest BCUT2D eigenvalue weighted by Gasteiger charge is -2.12. The molecule has 1 N–H and O–H groups in total. The first-order valence-corrected chi connectivity index (χ1v) is 9.65. The summed E-state index contributed by atoms with van der Waals surface area (Å²) in [7, 11) is 1.80. The van der Waals surface area contributed by atoms with Crippen molar-refractivity contribution >= 4 is 35.1 Å². The molecule has 0 aliphatic rings. The van der Waals surface area contributed by atoms with E-state index in [1.807, 2.05) is 0 Å². The van der Waals surface area contributed by atoms with E-state index in [9.17, 15) is 13.6 Å². The number of furan rings is 1. The molecule has 6 nitrogen and oxygen atoms in total. The lowest BCUT2D eigenvalue weighted by molar-refractivity contribution is -0.115. The van der Waals surface area contributed by atoms with Crippen LogP contribution in [0.2, 0.25) is 0 Å². The SMILES string of the molecule is C[C@H](Sc1nnc(-c2ccco2)n1C)C(=O)Nc1ccc(SC(F)F)cc1. The van der Waals surface area contributed by atoms with Gasteiger partial charge in [-0.15, -0.1) is 10.2 Å². The van der Waals surface area contributed by atoms with Crippen molar-refractivity contribution < 1.29 is 18.0 Å². The summed E-state index contributed by atoms with van der Waals surface area (Å²) in [5.74, 6) is -1.53. The highest BCUT2D eigenvalue weighted by Gasteiger charge is 2.20. The van der Waals surface area contributed by atoms with Crippen molar-refractivity contribution in [3.8, 4) is 11.6 Å². The molecule has 2 heterocycles. The standard InChI is InChI=1S/C17H16F2N4O2S2/c1-10(15(24)20-11-5-7-12(8-6-11)27-16(18)19)26-17-22-21-14(23(17)2)13-4-3-9-25-13/h3-10,16H,1-2H3,(H,20,24)/t10-/m0/s1. The van der Waals surface area contributed by atoms with Crippen LogP contribution in [-0.2, 0) is 11.8 Å². The molecule has 0 unspecified atom stereocenters. The number of benzene rings is 1. The third-order valence-electron chi connectivity index (χ3n) is 3.57. The lowest BCUT2D eigenvalue weighted by Crippen LogP contribution is -2.22. The summed E-state index contributed by atoms with van der Waals surface area (Å²) < 4.78 is 31.8. The Morgan fingerprint density at radius 1 is 1.19 bits per heavy atom. The molecule has 0 saturated heterocycles. The molecule has 3 aromatic rings. The molecule has 2 aromatic heterocycles. The average Bonchev–Trinajstić information content (AvgIpc) is 3.27. The van der Waals surface area contributed by atoms with E-state index in [0.717, 1.165) is 0 Å². The van der Waals surface area contributed by atoms with E-state index in [0.29, 0.717) is 39.1 Å². The van der Waals surface area contributed by atoms with Gasteiger partial charge >= 0.3 is 0 Å². The number of rotatable bonds is 7. The minimum atomic E-state index is -2.47. The van der Waals surface area contributed by atoms with E-state index in [-0.39, 0.29) is 5.91 Å². The fourth-order valence-corrected chi connectivity index (χ4v) is 3.53. The molecule has 1 aromatic carbocycles. The second kappa shape index (κ2) is 8.57. The van der Waals surface area contributed by atoms with Gasteiger partial charge in [-0.2, -0.15) is 8.78 Å². The number of alkyl halides is 2. The Balaban J connectivity index is 1.61. The number of aromatic nitrogens is 3. The molecule has 0 aliphatic heterocycles. The Labute approximate surface area is 162 Å². The van der Waals surface area contributed by atoms with Gasteiger partial charge in [0, 0.05) is 17.6 Å². The van der Waals surface area contributed by atoms with Gasteiger partial charge in [0.15, 0.2) is 16.7 Å². The molecular formula is C17H16F2N4O2S2. The highest BCUT2D eigenvalue weighted by atomic mass is 32.2. The van der Waals surface area contributed by atoms with Gasteiger partial charge in [-0.3, -0.25) is 4.79 Å². The van der Waals surface area contributed by atoms with Gasteiger partial charge in [0.2, 0.25) is 5.91 Å². The van der Waals surface area contributed by atoms with Crippen LogP contribution in [0.1, 0.15) is 6.92 Å². The maximum Gasteiger partial charge on any atom is 0.288 e. The summed E-state index contributed by atoms with van der Waals surface area (Å²) in [6, 6.07) is 9.82. The Morgan fingerprint density at radius 2 is 1.93 bits per heavy atom. The number of carbonyl (C=O) groups is 1. The van der Waals surface area contributed by atoms with Crippen molar-refractivity contribution in [1.29, 1.82) is 0 Å². The van der Waals surface area contributed by atoms with Crippen LogP contribution in [0.4, 0.5) is 14.5 Å². The van der Waals surface area contributed by atoms with Crippen LogP contribution in [0, 0.1) is 0 Å². The molecular weight excluding hydrogens is 394 g/mol. The van der Waals surface area contributed by atoms with Crippen molar-refractivity contribution in [3.63, 3.8) is 0 Å². The third kappa shape index (κ3) is 4.89. The molecule has 0 aliphatic carbocycles. The minimum Gasteiger partial charge on any atom is -0.461 e. The molecule has 0 saturated carbocycles. The monoisotopic (exact) mass is 410 g/mol. The molecule has 0 bridgehead atoms. The fraction of sp³-hybridized carbons (Fsp3) is 0.235. The number of hydrogen-bond acceptors (Lipinski definition) is 6. The zero-order valence-corrected chi connectivity index (χ0v) is 16.1. The number of thioether (sulfide) groups is 2. The molecule has 1 amide bonds. The highest BCUT2D eigenvalue weighted by Crippen LogP contribution is 2.28. The van der Waals surface area contributed by atoms with Gasteiger partial charge in [0.1, 0.15) is 0 Å². The van der Waals surface area contributed by atoms with Crippen LogP contribution in [-0.4, -0.2) is 31.7 Å². The Morgan fingerprint density at radius 3 is 2.56 bits per heavy atom. The normalized spacial score (nSPS) is 12.3. The van der Waals surface area contributed by atoms with E-state index < -0.39 is 11.0 Å². The third-order valence-corrected chi connectivity index (χ3v) is 5.43. The number of nitrogens with zero attached hydrogens (tertiary/aromatic N) is 3. The van der Waals surface area contributed by atoms with Crippen molar-refractivity contribution in [2.75, 3.05) is 5.32 Å². The lowest BCUT2D eigenvalue weighted by atomic mass is 10.3. The fourth-order valence-electron chi connectivity index (χ4n) is 2.21. The van der Waals surface area contributed by atoms with Crippen LogP contribution in [0.3, 0.4) is 0 Å². The van der Waals surface area contributed by atoms with E-state index in [2.05, 4.69) is 15.5 Å². The molecule has 0 radical (unpaired) electrons. The van der Waals surface area contributed by atoms with Crippen LogP contribution in [0.15, 0.2) is 57.1 Å².